The molecule has 1 aromatic rings. The predicted octanol–water partition coefficient (Wildman–Crippen LogP) is 1.08. The molecule has 5 heteroatoms. The first kappa shape index (κ1) is 10.8. The zero-order chi connectivity index (χ0) is 11.4. The van der Waals surface area contributed by atoms with Crippen molar-refractivity contribution in [3.8, 4) is 5.75 Å². The van der Waals surface area contributed by atoms with Gasteiger partial charge in [0, 0.05) is 19.3 Å². The van der Waals surface area contributed by atoms with Gasteiger partial charge in [0.2, 0.25) is 0 Å². The largest absolute Gasteiger partial charge is 0.482 e. The average Bonchev–Trinajstić information content (AvgIpc) is 2.29. The highest BCUT2D eigenvalue weighted by atomic mass is 16.5. The van der Waals surface area contributed by atoms with E-state index in [0.29, 0.717) is 18.0 Å². The van der Waals surface area contributed by atoms with Crippen LogP contribution < -0.4 is 15.4 Å². The van der Waals surface area contributed by atoms with Crippen LogP contribution in [0.3, 0.4) is 0 Å². The third-order valence-electron chi connectivity index (χ3n) is 2.25. The normalized spacial score (nSPS) is 13.7. The van der Waals surface area contributed by atoms with Crippen molar-refractivity contribution in [3.05, 3.63) is 18.2 Å². The second-order valence-electron chi connectivity index (χ2n) is 3.47. The van der Waals surface area contributed by atoms with Gasteiger partial charge in [-0.2, -0.15) is 0 Å². The van der Waals surface area contributed by atoms with Crippen molar-refractivity contribution in [2.75, 3.05) is 37.5 Å². The first-order chi connectivity index (χ1) is 7.79. The van der Waals surface area contributed by atoms with Gasteiger partial charge >= 0.3 is 0 Å². The monoisotopic (exact) mass is 222 g/mol. The van der Waals surface area contributed by atoms with E-state index in [4.69, 9.17) is 9.47 Å². The van der Waals surface area contributed by atoms with Gasteiger partial charge in [0.15, 0.2) is 6.61 Å². The first-order valence-corrected chi connectivity index (χ1v) is 5.09. The molecule has 86 valence electrons. The Labute approximate surface area is 93.7 Å². The summed E-state index contributed by atoms with van der Waals surface area (Å²) in [6, 6.07) is 5.60. The number of amides is 1. The molecule has 0 aromatic heterocycles. The second-order valence-corrected chi connectivity index (χ2v) is 3.47. The van der Waals surface area contributed by atoms with E-state index in [2.05, 4.69) is 10.6 Å². The Morgan fingerprint density at radius 1 is 1.56 bits per heavy atom. The van der Waals surface area contributed by atoms with Crippen molar-refractivity contribution in [2.45, 2.75) is 0 Å². The first-order valence-electron chi connectivity index (χ1n) is 5.09. The minimum absolute atomic E-state index is 0.0868. The molecule has 1 aromatic carbocycles. The van der Waals surface area contributed by atoms with Crippen LogP contribution >= 0.6 is 0 Å². The van der Waals surface area contributed by atoms with E-state index >= 15 is 0 Å². The number of benzene rings is 1. The van der Waals surface area contributed by atoms with Crippen LogP contribution in [0.15, 0.2) is 18.2 Å². The number of methoxy groups -OCH3 is 1. The van der Waals surface area contributed by atoms with Gasteiger partial charge in [0.05, 0.1) is 12.3 Å². The quantitative estimate of drug-likeness (QED) is 0.748. The molecule has 1 heterocycles. The van der Waals surface area contributed by atoms with Gasteiger partial charge in [0.25, 0.3) is 5.91 Å². The van der Waals surface area contributed by atoms with Crippen molar-refractivity contribution < 1.29 is 14.3 Å². The number of fused-ring (bicyclic) bond motifs is 1. The Hall–Kier alpha value is -1.75. The summed E-state index contributed by atoms with van der Waals surface area (Å²) in [5, 5.41) is 5.93. The highest BCUT2D eigenvalue weighted by Crippen LogP contribution is 2.30. The van der Waals surface area contributed by atoms with Gasteiger partial charge < -0.3 is 20.1 Å². The van der Waals surface area contributed by atoms with Crippen LogP contribution in [0.5, 0.6) is 5.75 Å². The van der Waals surface area contributed by atoms with Gasteiger partial charge in [0.1, 0.15) is 5.75 Å². The Bertz CT molecular complexity index is 393. The lowest BCUT2D eigenvalue weighted by Crippen LogP contribution is -2.25. The average molecular weight is 222 g/mol. The molecule has 1 aliphatic heterocycles. The fourth-order valence-corrected chi connectivity index (χ4v) is 1.49. The highest BCUT2D eigenvalue weighted by Gasteiger charge is 2.15. The smallest absolute Gasteiger partial charge is 0.262 e. The number of rotatable bonds is 4. The van der Waals surface area contributed by atoms with E-state index in [9.17, 15) is 4.79 Å². The number of ether oxygens (including phenoxy) is 2. The molecule has 0 fully saturated rings. The summed E-state index contributed by atoms with van der Waals surface area (Å²) in [5.74, 6) is 0.582. The number of carbonyl (C=O) groups is 1. The van der Waals surface area contributed by atoms with Crippen molar-refractivity contribution in [1.29, 1.82) is 0 Å². The molecule has 0 saturated heterocycles. The zero-order valence-electron chi connectivity index (χ0n) is 9.08. The SMILES string of the molecule is COCCNc1ccc2c(c1)NC(=O)CO2. The summed E-state index contributed by atoms with van der Waals surface area (Å²) in [6.45, 7) is 1.45. The molecule has 2 N–H and O–H groups in total. The maximum absolute atomic E-state index is 11.1. The predicted molar refractivity (Wildman–Crippen MR) is 60.9 cm³/mol. The van der Waals surface area contributed by atoms with E-state index in [1.54, 1.807) is 7.11 Å². The lowest BCUT2D eigenvalue weighted by molar-refractivity contribution is -0.118. The summed E-state index contributed by atoms with van der Waals surface area (Å²) >= 11 is 0. The highest BCUT2D eigenvalue weighted by molar-refractivity contribution is 5.95. The van der Waals surface area contributed by atoms with Crippen LogP contribution in [0.25, 0.3) is 0 Å². The van der Waals surface area contributed by atoms with Crippen molar-refractivity contribution in [3.63, 3.8) is 0 Å². The molecule has 0 spiro atoms. The molecule has 0 atom stereocenters. The molecule has 0 radical (unpaired) electrons. The molecule has 0 saturated carbocycles. The summed E-state index contributed by atoms with van der Waals surface area (Å²) in [4.78, 5) is 11.1. The number of hydrogen-bond donors (Lipinski definition) is 2. The number of hydrogen-bond acceptors (Lipinski definition) is 4. The number of anilines is 2. The van der Waals surface area contributed by atoms with Crippen LogP contribution in [0.1, 0.15) is 0 Å². The van der Waals surface area contributed by atoms with E-state index < -0.39 is 0 Å². The molecular formula is C11H14N2O3. The molecule has 16 heavy (non-hydrogen) atoms. The molecule has 1 aliphatic rings. The van der Waals surface area contributed by atoms with Crippen LogP contribution in [-0.4, -0.2) is 32.8 Å². The molecule has 0 aliphatic carbocycles. The molecule has 5 nitrogen and oxygen atoms in total. The number of nitrogens with one attached hydrogen (secondary N) is 2. The van der Waals surface area contributed by atoms with Crippen LogP contribution in [-0.2, 0) is 9.53 Å². The summed E-state index contributed by atoms with van der Waals surface area (Å²) in [5.41, 5.74) is 1.64. The maximum Gasteiger partial charge on any atom is 0.262 e. The minimum atomic E-state index is -0.124. The summed E-state index contributed by atoms with van der Waals surface area (Å²) in [6.07, 6.45) is 0. The Kier molecular flexibility index (Phi) is 3.26. The van der Waals surface area contributed by atoms with E-state index in [1.807, 2.05) is 18.2 Å². The third kappa shape index (κ3) is 2.43. The van der Waals surface area contributed by atoms with Crippen molar-refractivity contribution >= 4 is 17.3 Å². The van der Waals surface area contributed by atoms with E-state index in [0.717, 1.165) is 12.2 Å². The number of carbonyl (C=O) groups excluding carboxylic acids is 1. The van der Waals surface area contributed by atoms with Gasteiger partial charge in [-0.1, -0.05) is 0 Å². The summed E-state index contributed by atoms with van der Waals surface area (Å²) < 4.78 is 10.2. The topological polar surface area (TPSA) is 59.6 Å². The van der Waals surface area contributed by atoms with Crippen molar-refractivity contribution in [2.24, 2.45) is 0 Å². The van der Waals surface area contributed by atoms with E-state index in [1.165, 1.54) is 0 Å². The fourth-order valence-electron chi connectivity index (χ4n) is 1.49. The third-order valence-corrected chi connectivity index (χ3v) is 2.25. The second kappa shape index (κ2) is 4.85. The molecular weight excluding hydrogens is 208 g/mol. The van der Waals surface area contributed by atoms with Crippen molar-refractivity contribution in [1.82, 2.24) is 0 Å². The lowest BCUT2D eigenvalue weighted by Gasteiger charge is -2.18. The van der Waals surface area contributed by atoms with Gasteiger partial charge in [-0.05, 0) is 18.2 Å². The Morgan fingerprint density at radius 3 is 3.25 bits per heavy atom. The Morgan fingerprint density at radius 2 is 2.44 bits per heavy atom. The molecule has 0 bridgehead atoms. The van der Waals surface area contributed by atoms with Gasteiger partial charge in [-0.25, -0.2) is 0 Å². The zero-order valence-corrected chi connectivity index (χ0v) is 9.08. The van der Waals surface area contributed by atoms with Crippen LogP contribution in [0.4, 0.5) is 11.4 Å². The van der Waals surface area contributed by atoms with Crippen LogP contribution in [0.2, 0.25) is 0 Å². The molecule has 1 amide bonds. The Balaban J connectivity index is 2.06. The van der Waals surface area contributed by atoms with E-state index in [-0.39, 0.29) is 12.5 Å². The van der Waals surface area contributed by atoms with Crippen LogP contribution in [0, 0.1) is 0 Å². The van der Waals surface area contributed by atoms with Gasteiger partial charge in [-0.15, -0.1) is 0 Å². The minimum Gasteiger partial charge on any atom is -0.482 e. The molecule has 2 rings (SSSR count). The maximum atomic E-state index is 11.1. The lowest BCUT2D eigenvalue weighted by atomic mass is 10.2. The standard InChI is InChI=1S/C11H14N2O3/c1-15-5-4-12-8-2-3-10-9(6-8)13-11(14)7-16-10/h2-3,6,12H,4-5,7H2,1H3,(H,13,14). The van der Waals surface area contributed by atoms with Gasteiger partial charge in [-0.3, -0.25) is 4.79 Å². The molecule has 0 unspecified atom stereocenters. The fraction of sp³-hybridized carbons (Fsp3) is 0.364. The summed E-state index contributed by atoms with van der Waals surface area (Å²) in [7, 11) is 1.66.